The molecule has 0 aromatic rings. The molecule has 0 radical (unpaired) electrons. The first-order valence-electron chi connectivity index (χ1n) is 5.37. The molecule has 82 valence electrons. The van der Waals surface area contributed by atoms with E-state index in [1.807, 2.05) is 7.05 Å². The van der Waals surface area contributed by atoms with Crippen LogP contribution in [0.3, 0.4) is 0 Å². The monoisotopic (exact) mass is 204 g/mol. The Bertz CT molecular complexity index is 210. The molecule has 14 heavy (non-hydrogen) atoms. The molecule has 2 aliphatic rings. The van der Waals surface area contributed by atoms with Gasteiger partial charge < -0.3 is 10.2 Å². The highest BCUT2D eigenvalue weighted by Gasteiger charge is 2.55. The maximum absolute atomic E-state index is 13.8. The Morgan fingerprint density at radius 3 is 2.36 bits per heavy atom. The molecule has 0 unspecified atom stereocenters. The van der Waals surface area contributed by atoms with Gasteiger partial charge in [-0.1, -0.05) is 0 Å². The van der Waals surface area contributed by atoms with Crippen LogP contribution in [-0.4, -0.2) is 43.0 Å². The molecule has 0 atom stereocenters. The molecule has 0 aromatic heterocycles. The van der Waals surface area contributed by atoms with Crippen LogP contribution in [0.4, 0.5) is 8.78 Å². The molecule has 2 fully saturated rings. The van der Waals surface area contributed by atoms with Crippen molar-refractivity contribution < 1.29 is 8.78 Å². The molecule has 2 aliphatic heterocycles. The largest absolute Gasteiger partial charge is 0.306 e. The van der Waals surface area contributed by atoms with E-state index in [0.717, 1.165) is 19.6 Å². The van der Waals surface area contributed by atoms with Crippen molar-refractivity contribution >= 4 is 0 Å². The lowest BCUT2D eigenvalue weighted by Gasteiger charge is -2.48. The van der Waals surface area contributed by atoms with Crippen LogP contribution in [-0.2, 0) is 0 Å². The van der Waals surface area contributed by atoms with Gasteiger partial charge >= 0.3 is 0 Å². The van der Waals surface area contributed by atoms with E-state index in [4.69, 9.17) is 0 Å². The predicted octanol–water partition coefficient (Wildman–Crippen LogP) is 1.47. The SMILES string of the molecule is CN1CCC2(CC1)NCCCC2(F)F. The van der Waals surface area contributed by atoms with Gasteiger partial charge in [-0.3, -0.25) is 0 Å². The Morgan fingerprint density at radius 2 is 1.79 bits per heavy atom. The summed E-state index contributed by atoms with van der Waals surface area (Å²) in [5, 5.41) is 3.07. The zero-order chi connectivity index (χ0) is 10.2. The van der Waals surface area contributed by atoms with Gasteiger partial charge in [-0.25, -0.2) is 8.78 Å². The van der Waals surface area contributed by atoms with Gasteiger partial charge in [-0.05, 0) is 45.9 Å². The molecule has 0 aromatic carbocycles. The van der Waals surface area contributed by atoms with Crippen molar-refractivity contribution in [2.75, 3.05) is 26.7 Å². The zero-order valence-electron chi connectivity index (χ0n) is 8.65. The van der Waals surface area contributed by atoms with E-state index >= 15 is 0 Å². The van der Waals surface area contributed by atoms with Crippen molar-refractivity contribution in [1.29, 1.82) is 0 Å². The van der Waals surface area contributed by atoms with Crippen molar-refractivity contribution in [2.45, 2.75) is 37.1 Å². The molecule has 2 saturated heterocycles. The third-order valence-electron chi connectivity index (χ3n) is 3.67. The topological polar surface area (TPSA) is 15.3 Å². The molecule has 0 bridgehead atoms. The minimum atomic E-state index is -2.51. The van der Waals surface area contributed by atoms with Gasteiger partial charge in [-0.2, -0.15) is 0 Å². The quantitative estimate of drug-likeness (QED) is 0.643. The average Bonchev–Trinajstić information content (AvgIpc) is 2.14. The first-order valence-corrected chi connectivity index (χ1v) is 5.37. The van der Waals surface area contributed by atoms with Crippen LogP contribution >= 0.6 is 0 Å². The summed E-state index contributed by atoms with van der Waals surface area (Å²) in [5.41, 5.74) is -0.891. The second kappa shape index (κ2) is 3.42. The number of piperidine rings is 2. The summed E-state index contributed by atoms with van der Waals surface area (Å²) in [6.45, 7) is 2.31. The Morgan fingerprint density at radius 1 is 1.14 bits per heavy atom. The van der Waals surface area contributed by atoms with E-state index in [0.29, 0.717) is 19.3 Å². The lowest BCUT2D eigenvalue weighted by Crippen LogP contribution is -2.65. The van der Waals surface area contributed by atoms with Crippen molar-refractivity contribution in [3.05, 3.63) is 0 Å². The maximum Gasteiger partial charge on any atom is 0.266 e. The lowest BCUT2D eigenvalue weighted by molar-refractivity contribution is -0.131. The Labute approximate surface area is 83.7 Å². The van der Waals surface area contributed by atoms with Crippen molar-refractivity contribution in [3.8, 4) is 0 Å². The smallest absolute Gasteiger partial charge is 0.266 e. The van der Waals surface area contributed by atoms with Gasteiger partial charge in [0.25, 0.3) is 5.92 Å². The Balaban J connectivity index is 2.12. The number of hydrogen-bond donors (Lipinski definition) is 1. The summed E-state index contributed by atoms with van der Waals surface area (Å²) in [6.07, 6.45) is 1.82. The van der Waals surface area contributed by atoms with Gasteiger partial charge in [-0.15, -0.1) is 0 Å². The summed E-state index contributed by atoms with van der Waals surface area (Å²) in [7, 11) is 1.99. The molecule has 0 aliphatic carbocycles. The average molecular weight is 204 g/mol. The number of alkyl halides is 2. The number of halogens is 2. The van der Waals surface area contributed by atoms with Crippen LogP contribution in [0.5, 0.6) is 0 Å². The predicted molar refractivity (Wildman–Crippen MR) is 51.6 cm³/mol. The fourth-order valence-corrected chi connectivity index (χ4v) is 2.55. The van der Waals surface area contributed by atoms with Crippen LogP contribution in [0.25, 0.3) is 0 Å². The fourth-order valence-electron chi connectivity index (χ4n) is 2.55. The normalized spacial score (nSPS) is 31.9. The summed E-state index contributed by atoms with van der Waals surface area (Å²) in [5.74, 6) is -2.51. The molecule has 1 N–H and O–H groups in total. The van der Waals surface area contributed by atoms with E-state index in [1.165, 1.54) is 0 Å². The van der Waals surface area contributed by atoms with Crippen LogP contribution in [0.2, 0.25) is 0 Å². The van der Waals surface area contributed by atoms with Crippen molar-refractivity contribution in [1.82, 2.24) is 10.2 Å². The van der Waals surface area contributed by atoms with Gasteiger partial charge in [0.1, 0.15) is 0 Å². The van der Waals surface area contributed by atoms with Gasteiger partial charge in [0.15, 0.2) is 0 Å². The highest BCUT2D eigenvalue weighted by molar-refractivity contribution is 5.05. The third-order valence-corrected chi connectivity index (χ3v) is 3.67. The van der Waals surface area contributed by atoms with Gasteiger partial charge in [0.05, 0.1) is 5.54 Å². The Hall–Kier alpha value is -0.220. The summed E-state index contributed by atoms with van der Waals surface area (Å²) >= 11 is 0. The minimum Gasteiger partial charge on any atom is -0.306 e. The zero-order valence-corrected chi connectivity index (χ0v) is 8.65. The van der Waals surface area contributed by atoms with Crippen molar-refractivity contribution in [2.24, 2.45) is 0 Å². The molecule has 2 heterocycles. The fraction of sp³-hybridized carbons (Fsp3) is 1.00. The van der Waals surface area contributed by atoms with E-state index in [1.54, 1.807) is 0 Å². The highest BCUT2D eigenvalue weighted by atomic mass is 19.3. The van der Waals surface area contributed by atoms with E-state index in [-0.39, 0.29) is 6.42 Å². The van der Waals surface area contributed by atoms with E-state index in [2.05, 4.69) is 10.2 Å². The Kier molecular flexibility index (Phi) is 2.52. The summed E-state index contributed by atoms with van der Waals surface area (Å²) in [6, 6.07) is 0. The van der Waals surface area contributed by atoms with Crippen LogP contribution < -0.4 is 5.32 Å². The van der Waals surface area contributed by atoms with Crippen LogP contribution in [0.15, 0.2) is 0 Å². The third kappa shape index (κ3) is 1.54. The van der Waals surface area contributed by atoms with Crippen LogP contribution in [0, 0.1) is 0 Å². The molecular weight excluding hydrogens is 186 g/mol. The molecule has 1 spiro atoms. The van der Waals surface area contributed by atoms with Gasteiger partial charge in [0, 0.05) is 6.42 Å². The van der Waals surface area contributed by atoms with Crippen LogP contribution in [0.1, 0.15) is 25.7 Å². The number of nitrogens with zero attached hydrogens (tertiary/aromatic N) is 1. The minimum absolute atomic E-state index is 0.0592. The molecule has 0 saturated carbocycles. The molecule has 2 rings (SSSR count). The van der Waals surface area contributed by atoms with E-state index in [9.17, 15) is 8.78 Å². The highest BCUT2D eigenvalue weighted by Crippen LogP contribution is 2.42. The number of hydrogen-bond acceptors (Lipinski definition) is 2. The number of likely N-dealkylation sites (tertiary alicyclic amines) is 1. The summed E-state index contributed by atoms with van der Waals surface area (Å²) < 4.78 is 27.6. The standard InChI is InChI=1S/C10H18F2N2/c1-14-7-4-9(5-8-14)10(11,12)3-2-6-13-9/h13H,2-8H2,1H3. The van der Waals surface area contributed by atoms with Crippen molar-refractivity contribution in [3.63, 3.8) is 0 Å². The van der Waals surface area contributed by atoms with E-state index < -0.39 is 11.5 Å². The first-order chi connectivity index (χ1) is 6.56. The number of rotatable bonds is 0. The van der Waals surface area contributed by atoms with Gasteiger partial charge in [0.2, 0.25) is 0 Å². The number of nitrogens with one attached hydrogen (secondary N) is 1. The lowest BCUT2D eigenvalue weighted by atomic mass is 9.77. The second-order valence-electron chi connectivity index (χ2n) is 4.62. The molecular formula is C10H18F2N2. The molecule has 2 nitrogen and oxygen atoms in total. The molecule has 0 amide bonds. The summed E-state index contributed by atoms with van der Waals surface area (Å²) in [4.78, 5) is 2.12. The first kappa shape index (κ1) is 10.3. The molecule has 4 heteroatoms. The maximum atomic E-state index is 13.8. The second-order valence-corrected chi connectivity index (χ2v) is 4.62.